The summed E-state index contributed by atoms with van der Waals surface area (Å²) in [5.74, 6) is 0.610. The molecule has 1 amide bonds. The van der Waals surface area contributed by atoms with E-state index in [0.717, 1.165) is 17.0 Å². The molecule has 1 aliphatic rings. The molecular formula is C16H20N2O. The Labute approximate surface area is 114 Å². The average Bonchev–Trinajstić information content (AvgIpc) is 2.64. The lowest BCUT2D eigenvalue weighted by Gasteiger charge is -2.16. The molecule has 19 heavy (non-hydrogen) atoms. The van der Waals surface area contributed by atoms with Gasteiger partial charge in [0.05, 0.1) is 0 Å². The van der Waals surface area contributed by atoms with Gasteiger partial charge in [-0.2, -0.15) is 0 Å². The van der Waals surface area contributed by atoms with Crippen molar-refractivity contribution in [3.8, 4) is 0 Å². The van der Waals surface area contributed by atoms with Crippen molar-refractivity contribution in [2.24, 2.45) is 10.4 Å². The van der Waals surface area contributed by atoms with E-state index in [-0.39, 0.29) is 11.3 Å². The van der Waals surface area contributed by atoms with Crippen LogP contribution in [0.3, 0.4) is 0 Å². The lowest BCUT2D eigenvalue weighted by molar-refractivity contribution is -0.115. The molecule has 0 saturated carbocycles. The van der Waals surface area contributed by atoms with Gasteiger partial charge >= 0.3 is 0 Å². The Bertz CT molecular complexity index is 589. The lowest BCUT2D eigenvalue weighted by atomic mass is 9.95. The summed E-state index contributed by atoms with van der Waals surface area (Å²) in [6.07, 6.45) is 1.85. The van der Waals surface area contributed by atoms with E-state index < -0.39 is 0 Å². The normalized spacial score (nSPS) is 17.6. The minimum atomic E-state index is -0.145. The Balaban J connectivity index is 2.39. The number of nitrogens with one attached hydrogen (secondary N) is 1. The molecule has 3 heteroatoms. The van der Waals surface area contributed by atoms with Gasteiger partial charge in [-0.3, -0.25) is 4.79 Å². The van der Waals surface area contributed by atoms with Crippen molar-refractivity contribution in [1.29, 1.82) is 0 Å². The summed E-state index contributed by atoms with van der Waals surface area (Å²) in [4.78, 5) is 16.3. The molecular weight excluding hydrogens is 236 g/mol. The van der Waals surface area contributed by atoms with Crippen molar-refractivity contribution in [2.45, 2.75) is 34.6 Å². The van der Waals surface area contributed by atoms with Crippen LogP contribution in [0.4, 0.5) is 0 Å². The van der Waals surface area contributed by atoms with Crippen molar-refractivity contribution < 1.29 is 4.79 Å². The topological polar surface area (TPSA) is 41.5 Å². The number of rotatable bonds is 1. The van der Waals surface area contributed by atoms with Crippen LogP contribution in [-0.2, 0) is 4.79 Å². The third-order valence-corrected chi connectivity index (χ3v) is 3.12. The standard InChI is InChI=1S/C16H20N2O/c1-10-6-7-12(11(2)8-10)9-13-14(19)18-15(17-13)16(3,4)5/h6-9H,1-5H3,(H,17,18,19)/b13-9-. The number of benzene rings is 1. The van der Waals surface area contributed by atoms with Crippen molar-refractivity contribution in [1.82, 2.24) is 5.32 Å². The van der Waals surface area contributed by atoms with E-state index in [1.165, 1.54) is 5.56 Å². The van der Waals surface area contributed by atoms with E-state index in [2.05, 4.69) is 23.3 Å². The molecule has 0 aliphatic carbocycles. The average molecular weight is 256 g/mol. The zero-order valence-corrected chi connectivity index (χ0v) is 12.2. The summed E-state index contributed by atoms with van der Waals surface area (Å²) >= 11 is 0. The van der Waals surface area contributed by atoms with Crippen LogP contribution >= 0.6 is 0 Å². The highest BCUT2D eigenvalue weighted by Crippen LogP contribution is 2.22. The van der Waals surface area contributed by atoms with Crippen molar-refractivity contribution >= 4 is 17.8 Å². The number of hydrogen-bond donors (Lipinski definition) is 1. The number of amides is 1. The fourth-order valence-corrected chi connectivity index (χ4v) is 1.96. The van der Waals surface area contributed by atoms with Gasteiger partial charge in [0.25, 0.3) is 5.91 Å². The minimum Gasteiger partial charge on any atom is -0.308 e. The molecule has 0 saturated heterocycles. The van der Waals surface area contributed by atoms with Crippen molar-refractivity contribution in [2.75, 3.05) is 0 Å². The number of aliphatic imine (C=N–C) groups is 1. The van der Waals surface area contributed by atoms with E-state index in [9.17, 15) is 4.79 Å². The Hall–Kier alpha value is -1.90. The van der Waals surface area contributed by atoms with Crippen molar-refractivity contribution in [3.63, 3.8) is 0 Å². The third-order valence-electron chi connectivity index (χ3n) is 3.12. The van der Waals surface area contributed by atoms with Gasteiger partial charge in [0.2, 0.25) is 0 Å². The van der Waals surface area contributed by atoms with Gasteiger partial charge in [-0.25, -0.2) is 4.99 Å². The van der Waals surface area contributed by atoms with Crippen LogP contribution in [0.25, 0.3) is 6.08 Å². The first-order valence-electron chi connectivity index (χ1n) is 6.47. The van der Waals surface area contributed by atoms with E-state index >= 15 is 0 Å². The van der Waals surface area contributed by atoms with E-state index in [0.29, 0.717) is 5.70 Å². The Morgan fingerprint density at radius 1 is 1.21 bits per heavy atom. The largest absolute Gasteiger partial charge is 0.308 e. The van der Waals surface area contributed by atoms with Crippen LogP contribution in [0, 0.1) is 19.3 Å². The summed E-state index contributed by atoms with van der Waals surface area (Å²) < 4.78 is 0. The first-order valence-corrected chi connectivity index (χ1v) is 6.47. The fourth-order valence-electron chi connectivity index (χ4n) is 1.96. The molecule has 0 atom stereocenters. The molecule has 1 aromatic rings. The first kappa shape index (κ1) is 13.5. The SMILES string of the molecule is Cc1ccc(/C=C2\N=C(C(C)(C)C)NC2=O)c(C)c1. The van der Waals surface area contributed by atoms with Gasteiger partial charge in [-0.15, -0.1) is 0 Å². The Morgan fingerprint density at radius 2 is 1.89 bits per heavy atom. The van der Waals surface area contributed by atoms with E-state index in [4.69, 9.17) is 0 Å². The van der Waals surface area contributed by atoms with Gasteiger partial charge in [0.15, 0.2) is 0 Å². The van der Waals surface area contributed by atoms with Gasteiger partial charge < -0.3 is 5.32 Å². The Morgan fingerprint density at radius 3 is 2.42 bits per heavy atom. The zero-order chi connectivity index (χ0) is 14.2. The third kappa shape index (κ3) is 2.92. The summed E-state index contributed by atoms with van der Waals surface area (Å²) in [5.41, 5.74) is 3.74. The molecule has 1 aliphatic heterocycles. The van der Waals surface area contributed by atoms with Crippen molar-refractivity contribution in [3.05, 3.63) is 40.6 Å². The second-order valence-electron chi connectivity index (χ2n) is 6.05. The van der Waals surface area contributed by atoms with Gasteiger partial charge in [0, 0.05) is 5.41 Å². The molecule has 0 unspecified atom stereocenters. The number of carbonyl (C=O) groups excluding carboxylic acids is 1. The minimum absolute atomic E-state index is 0.120. The number of nitrogens with zero attached hydrogens (tertiary/aromatic N) is 1. The van der Waals surface area contributed by atoms with E-state index in [1.807, 2.05) is 45.9 Å². The summed E-state index contributed by atoms with van der Waals surface area (Å²) in [5, 5.41) is 2.84. The molecule has 1 heterocycles. The highest BCUT2D eigenvalue weighted by Gasteiger charge is 2.28. The zero-order valence-electron chi connectivity index (χ0n) is 12.2. The smallest absolute Gasteiger partial charge is 0.275 e. The second kappa shape index (κ2) is 4.65. The molecule has 0 fully saturated rings. The molecule has 0 aromatic heterocycles. The summed E-state index contributed by atoms with van der Waals surface area (Å²) in [7, 11) is 0. The summed E-state index contributed by atoms with van der Waals surface area (Å²) in [6, 6.07) is 6.17. The molecule has 0 radical (unpaired) electrons. The monoisotopic (exact) mass is 256 g/mol. The maximum Gasteiger partial charge on any atom is 0.275 e. The van der Waals surface area contributed by atoms with Crippen LogP contribution in [0.15, 0.2) is 28.9 Å². The number of hydrogen-bond acceptors (Lipinski definition) is 2. The van der Waals surface area contributed by atoms with Gasteiger partial charge in [0.1, 0.15) is 11.5 Å². The van der Waals surface area contributed by atoms with Crippen LogP contribution in [0.5, 0.6) is 0 Å². The second-order valence-corrected chi connectivity index (χ2v) is 6.05. The highest BCUT2D eigenvalue weighted by molar-refractivity contribution is 6.15. The van der Waals surface area contributed by atoms with Crippen LogP contribution < -0.4 is 5.32 Å². The van der Waals surface area contributed by atoms with Gasteiger partial charge in [-0.1, -0.05) is 44.5 Å². The fraction of sp³-hybridized carbons (Fsp3) is 0.375. The van der Waals surface area contributed by atoms with Gasteiger partial charge in [-0.05, 0) is 31.1 Å². The van der Waals surface area contributed by atoms with Crippen LogP contribution in [0.2, 0.25) is 0 Å². The highest BCUT2D eigenvalue weighted by atomic mass is 16.2. The maximum atomic E-state index is 11.9. The van der Waals surface area contributed by atoms with Crippen LogP contribution in [0.1, 0.15) is 37.5 Å². The molecule has 1 aromatic carbocycles. The predicted octanol–water partition coefficient (Wildman–Crippen LogP) is 3.22. The van der Waals surface area contributed by atoms with E-state index in [1.54, 1.807) is 0 Å². The first-order chi connectivity index (χ1) is 8.77. The summed E-state index contributed by atoms with van der Waals surface area (Å²) in [6.45, 7) is 10.2. The lowest BCUT2D eigenvalue weighted by Crippen LogP contribution is -2.34. The number of aryl methyl sites for hydroxylation is 2. The Kier molecular flexibility index (Phi) is 3.31. The number of amidine groups is 1. The molecule has 1 N–H and O–H groups in total. The predicted molar refractivity (Wildman–Crippen MR) is 78.9 cm³/mol. The molecule has 2 rings (SSSR count). The molecule has 3 nitrogen and oxygen atoms in total. The quantitative estimate of drug-likeness (QED) is 0.770. The number of carbonyl (C=O) groups is 1. The molecule has 0 spiro atoms. The molecule has 100 valence electrons. The maximum absolute atomic E-state index is 11.9. The van der Waals surface area contributed by atoms with Crippen LogP contribution in [-0.4, -0.2) is 11.7 Å². The molecule has 0 bridgehead atoms.